The molecule has 1 aromatic heterocycles. The monoisotopic (exact) mass is 420 g/mol. The molecular formula is C20H22F2N4O4. The van der Waals surface area contributed by atoms with Crippen LogP contribution in [0.2, 0.25) is 0 Å². The Morgan fingerprint density at radius 1 is 1.17 bits per heavy atom. The number of halogens is 2. The number of nitrogen functional groups attached to an aromatic ring is 1. The number of piperazine rings is 1. The summed E-state index contributed by atoms with van der Waals surface area (Å²) in [4.78, 5) is 38.9. The van der Waals surface area contributed by atoms with Crippen LogP contribution in [0.15, 0.2) is 11.0 Å². The van der Waals surface area contributed by atoms with E-state index in [2.05, 4.69) is 0 Å². The van der Waals surface area contributed by atoms with Crippen molar-refractivity contribution in [3.8, 4) is 0 Å². The molecule has 1 aliphatic heterocycles. The standard InChI is InChI=1S/C20H22F2N4O4/c1-10(27)8-24-4-6-25(7-5-24)18-14(21)16(23)13-17(15(18)22)26(11-2-3-11)9-12(19(13)28)20(29)30/h9,11H,2-8,23H2,1H3,(H,29,30). The van der Waals surface area contributed by atoms with Gasteiger partial charge in [-0.2, -0.15) is 0 Å². The van der Waals surface area contributed by atoms with Crippen LogP contribution < -0.4 is 16.1 Å². The number of anilines is 2. The summed E-state index contributed by atoms with van der Waals surface area (Å²) in [5, 5.41) is 8.91. The van der Waals surface area contributed by atoms with Crippen molar-refractivity contribution in [2.45, 2.75) is 25.8 Å². The number of aromatic carboxylic acids is 1. The average molecular weight is 420 g/mol. The molecule has 1 saturated carbocycles. The number of nitrogens with two attached hydrogens (primary N) is 1. The second-order valence-electron chi connectivity index (χ2n) is 7.89. The zero-order valence-corrected chi connectivity index (χ0v) is 16.5. The van der Waals surface area contributed by atoms with Crippen molar-refractivity contribution in [3.63, 3.8) is 0 Å². The highest BCUT2D eigenvalue weighted by molar-refractivity contribution is 5.99. The molecule has 2 aromatic rings. The van der Waals surface area contributed by atoms with Crippen molar-refractivity contribution in [1.29, 1.82) is 0 Å². The van der Waals surface area contributed by atoms with E-state index < -0.39 is 39.7 Å². The first-order valence-corrected chi connectivity index (χ1v) is 9.76. The van der Waals surface area contributed by atoms with Crippen molar-refractivity contribution in [2.24, 2.45) is 0 Å². The minimum absolute atomic E-state index is 0.0124. The number of hydrogen-bond acceptors (Lipinski definition) is 6. The fourth-order valence-electron chi connectivity index (χ4n) is 4.07. The summed E-state index contributed by atoms with van der Waals surface area (Å²) in [5.41, 5.74) is 3.33. The highest BCUT2D eigenvalue weighted by Crippen LogP contribution is 2.41. The van der Waals surface area contributed by atoms with Gasteiger partial charge >= 0.3 is 5.97 Å². The molecule has 30 heavy (non-hydrogen) atoms. The van der Waals surface area contributed by atoms with Crippen LogP contribution >= 0.6 is 0 Å². The van der Waals surface area contributed by atoms with Gasteiger partial charge in [-0.25, -0.2) is 13.6 Å². The molecule has 1 aliphatic carbocycles. The maximum Gasteiger partial charge on any atom is 0.341 e. The van der Waals surface area contributed by atoms with Crippen molar-refractivity contribution in [2.75, 3.05) is 43.4 Å². The van der Waals surface area contributed by atoms with Gasteiger partial charge in [0.1, 0.15) is 17.0 Å². The Morgan fingerprint density at radius 3 is 2.33 bits per heavy atom. The molecular weight excluding hydrogens is 398 g/mol. The highest BCUT2D eigenvalue weighted by Gasteiger charge is 2.33. The smallest absolute Gasteiger partial charge is 0.341 e. The maximum absolute atomic E-state index is 15.7. The first kappa shape index (κ1) is 20.3. The Balaban J connectivity index is 1.86. The third-order valence-corrected chi connectivity index (χ3v) is 5.67. The van der Waals surface area contributed by atoms with Gasteiger partial charge < -0.3 is 20.3 Å². The van der Waals surface area contributed by atoms with E-state index in [4.69, 9.17) is 5.73 Å². The van der Waals surface area contributed by atoms with Crippen LogP contribution in [-0.2, 0) is 4.79 Å². The lowest BCUT2D eigenvalue weighted by molar-refractivity contribution is -0.118. The van der Waals surface area contributed by atoms with Gasteiger partial charge in [0.2, 0.25) is 5.43 Å². The SMILES string of the molecule is CC(=O)CN1CCN(c2c(F)c(N)c3c(=O)c(C(=O)O)cn(C4CC4)c3c2F)CC1. The van der Waals surface area contributed by atoms with E-state index >= 15 is 8.78 Å². The summed E-state index contributed by atoms with van der Waals surface area (Å²) in [6.45, 7) is 3.23. The van der Waals surface area contributed by atoms with E-state index in [9.17, 15) is 19.5 Å². The zero-order chi connectivity index (χ0) is 21.7. The molecule has 0 amide bonds. The number of hydrogen-bond donors (Lipinski definition) is 2. The minimum atomic E-state index is -1.47. The van der Waals surface area contributed by atoms with E-state index in [1.807, 2.05) is 4.90 Å². The van der Waals surface area contributed by atoms with Gasteiger partial charge in [-0.05, 0) is 19.8 Å². The number of nitrogens with zero attached hydrogens (tertiary/aromatic N) is 3. The second kappa shape index (κ2) is 7.35. The zero-order valence-electron chi connectivity index (χ0n) is 16.5. The molecule has 0 atom stereocenters. The van der Waals surface area contributed by atoms with Crippen molar-refractivity contribution in [3.05, 3.63) is 33.6 Å². The third kappa shape index (κ3) is 3.30. The fraction of sp³-hybridized carbons (Fsp3) is 0.450. The lowest BCUT2D eigenvalue weighted by atomic mass is 10.1. The number of benzene rings is 1. The number of carboxylic acids is 1. The predicted molar refractivity (Wildman–Crippen MR) is 107 cm³/mol. The lowest BCUT2D eigenvalue weighted by Crippen LogP contribution is -2.48. The average Bonchev–Trinajstić information content (AvgIpc) is 3.52. The van der Waals surface area contributed by atoms with Crippen molar-refractivity contribution < 1.29 is 23.5 Å². The number of fused-ring (bicyclic) bond motifs is 1. The quantitative estimate of drug-likeness (QED) is 0.708. The highest BCUT2D eigenvalue weighted by atomic mass is 19.1. The number of rotatable bonds is 5. The van der Waals surface area contributed by atoms with E-state index in [1.165, 1.54) is 16.4 Å². The van der Waals surface area contributed by atoms with Crippen LogP contribution in [0.4, 0.5) is 20.2 Å². The molecule has 8 nitrogen and oxygen atoms in total. The summed E-state index contributed by atoms with van der Waals surface area (Å²) >= 11 is 0. The molecule has 0 unspecified atom stereocenters. The summed E-state index contributed by atoms with van der Waals surface area (Å²) < 4.78 is 32.2. The Labute approximate surface area is 170 Å². The van der Waals surface area contributed by atoms with Crippen LogP contribution in [0.5, 0.6) is 0 Å². The third-order valence-electron chi connectivity index (χ3n) is 5.67. The van der Waals surface area contributed by atoms with Crippen LogP contribution in [-0.4, -0.2) is 59.0 Å². The van der Waals surface area contributed by atoms with Gasteiger partial charge in [-0.3, -0.25) is 14.5 Å². The molecule has 0 radical (unpaired) electrons. The van der Waals surface area contributed by atoms with Crippen LogP contribution in [0.3, 0.4) is 0 Å². The fourth-order valence-corrected chi connectivity index (χ4v) is 4.07. The summed E-state index contributed by atoms with van der Waals surface area (Å²) in [7, 11) is 0. The Kier molecular flexibility index (Phi) is 4.97. The molecule has 0 spiro atoms. The number of carbonyl (C=O) groups excluding carboxylic acids is 1. The van der Waals surface area contributed by atoms with Crippen molar-refractivity contribution >= 4 is 34.0 Å². The van der Waals surface area contributed by atoms with Crippen LogP contribution in [0.1, 0.15) is 36.2 Å². The first-order chi connectivity index (χ1) is 14.2. The Bertz CT molecular complexity index is 1120. The summed E-state index contributed by atoms with van der Waals surface area (Å²) in [6.07, 6.45) is 2.53. The van der Waals surface area contributed by atoms with Crippen LogP contribution in [0, 0.1) is 11.6 Å². The molecule has 0 bridgehead atoms. The normalized spacial score (nSPS) is 17.5. The van der Waals surface area contributed by atoms with E-state index in [0.29, 0.717) is 25.9 Å². The largest absolute Gasteiger partial charge is 0.477 e. The number of ketones is 1. The number of carbonyl (C=O) groups is 2. The second-order valence-corrected chi connectivity index (χ2v) is 7.89. The predicted octanol–water partition coefficient (Wildman–Crippen LogP) is 1.61. The molecule has 2 fully saturated rings. The summed E-state index contributed by atoms with van der Waals surface area (Å²) in [6, 6.07) is -0.161. The summed E-state index contributed by atoms with van der Waals surface area (Å²) in [5.74, 6) is -3.44. The maximum atomic E-state index is 15.7. The van der Waals surface area contributed by atoms with Gasteiger partial charge in [-0.15, -0.1) is 0 Å². The van der Waals surface area contributed by atoms with E-state index in [-0.39, 0.29) is 42.7 Å². The lowest BCUT2D eigenvalue weighted by Gasteiger charge is -2.36. The molecule has 2 heterocycles. The molecule has 160 valence electrons. The molecule has 3 N–H and O–H groups in total. The van der Waals surface area contributed by atoms with E-state index in [0.717, 1.165) is 6.20 Å². The number of carboxylic acid groups (broad SMARTS) is 1. The first-order valence-electron chi connectivity index (χ1n) is 9.76. The van der Waals surface area contributed by atoms with Crippen LogP contribution in [0.25, 0.3) is 10.9 Å². The van der Waals surface area contributed by atoms with Gasteiger partial charge in [0, 0.05) is 38.4 Å². The molecule has 2 aliphatic rings. The van der Waals surface area contributed by atoms with Gasteiger partial charge in [0.05, 0.1) is 23.1 Å². The number of aromatic nitrogens is 1. The van der Waals surface area contributed by atoms with Gasteiger partial charge in [0.25, 0.3) is 0 Å². The van der Waals surface area contributed by atoms with E-state index in [1.54, 1.807) is 0 Å². The number of Topliss-reactive ketones (excluding diaryl/α,β-unsaturated/α-hetero) is 1. The molecule has 1 saturated heterocycles. The van der Waals surface area contributed by atoms with Gasteiger partial charge in [0.15, 0.2) is 11.6 Å². The van der Waals surface area contributed by atoms with Crippen molar-refractivity contribution in [1.82, 2.24) is 9.47 Å². The Hall–Kier alpha value is -3.01. The molecule has 1 aromatic carbocycles. The topological polar surface area (TPSA) is 109 Å². The molecule has 4 rings (SSSR count). The molecule has 10 heteroatoms. The Morgan fingerprint density at radius 2 is 1.80 bits per heavy atom. The minimum Gasteiger partial charge on any atom is -0.477 e. The van der Waals surface area contributed by atoms with Gasteiger partial charge in [-0.1, -0.05) is 0 Å². The number of pyridine rings is 1.